The molecule has 0 N–H and O–H groups in total. The highest BCUT2D eigenvalue weighted by Gasteiger charge is 2.51. The summed E-state index contributed by atoms with van der Waals surface area (Å²) < 4.78 is 22.8. The Morgan fingerprint density at radius 3 is 2.42 bits per heavy atom. The second-order valence-electron chi connectivity index (χ2n) is 7.98. The quantitative estimate of drug-likeness (QED) is 0.771. The molecule has 2 atom stereocenters. The van der Waals surface area contributed by atoms with Gasteiger partial charge in [0.15, 0.2) is 0 Å². The van der Waals surface area contributed by atoms with Gasteiger partial charge in [-0.15, -0.1) is 0 Å². The fraction of sp³-hybridized carbons (Fsp3) is 0.650. The minimum Gasteiger partial charge on any atom is -0.444 e. The predicted molar refractivity (Wildman–Crippen MR) is 98.8 cm³/mol. The highest BCUT2D eigenvalue weighted by atomic mass is 16.6. The molecular weight excluding hydrogens is 334 g/mol. The van der Waals surface area contributed by atoms with E-state index >= 15 is 0 Å². The van der Waals surface area contributed by atoms with Crippen molar-refractivity contribution in [3.8, 4) is 0 Å². The average molecular weight is 365 g/mol. The molecule has 1 amide bonds. The number of carbonyl (C=O) groups excluding carboxylic acids is 1. The first-order valence-electron chi connectivity index (χ1n) is 8.95. The molecule has 2 rings (SSSR count). The second kappa shape index (κ2) is 8.37. The van der Waals surface area contributed by atoms with E-state index in [2.05, 4.69) is 0 Å². The lowest BCUT2D eigenvalue weighted by molar-refractivity contribution is -0.0895. The van der Waals surface area contributed by atoms with E-state index in [0.717, 1.165) is 5.56 Å². The first-order chi connectivity index (χ1) is 12.1. The molecule has 1 aliphatic rings. The maximum absolute atomic E-state index is 12.8. The van der Waals surface area contributed by atoms with Crippen LogP contribution in [0.5, 0.6) is 0 Å². The fourth-order valence-corrected chi connectivity index (χ4v) is 3.10. The lowest BCUT2D eigenvalue weighted by Gasteiger charge is -2.35. The Bertz CT molecular complexity index is 582. The summed E-state index contributed by atoms with van der Waals surface area (Å²) in [6, 6.07) is 9.64. The van der Waals surface area contributed by atoms with Gasteiger partial charge in [0.05, 0.1) is 25.9 Å². The Morgan fingerprint density at radius 1 is 1.19 bits per heavy atom. The second-order valence-corrected chi connectivity index (χ2v) is 7.98. The van der Waals surface area contributed by atoms with Crippen LogP contribution < -0.4 is 0 Å². The number of methoxy groups -OCH3 is 1. The van der Waals surface area contributed by atoms with Gasteiger partial charge in [0, 0.05) is 7.11 Å². The van der Waals surface area contributed by atoms with Gasteiger partial charge in [0.2, 0.25) is 0 Å². The molecule has 1 aliphatic heterocycles. The molecule has 0 aliphatic carbocycles. The number of ether oxygens (including phenoxy) is 4. The van der Waals surface area contributed by atoms with Crippen LogP contribution in [-0.4, -0.2) is 54.8 Å². The van der Waals surface area contributed by atoms with Gasteiger partial charge in [-0.2, -0.15) is 0 Å². The first-order valence-corrected chi connectivity index (χ1v) is 8.95. The third-order valence-corrected chi connectivity index (χ3v) is 4.10. The number of carbonyl (C=O) groups is 1. The summed E-state index contributed by atoms with van der Waals surface area (Å²) >= 11 is 0. The van der Waals surface area contributed by atoms with Crippen molar-refractivity contribution in [2.75, 3.05) is 20.3 Å². The standard InChI is InChI=1S/C20H31NO5/c1-19(2,3)26-18(22)21-16(17(14-23-6)25-20(21,4)5)13-24-12-15-10-8-7-9-11-15/h7-11,16-17H,12-14H2,1-6H3/t16-,17-/m1/s1. The van der Waals surface area contributed by atoms with Gasteiger partial charge in [-0.05, 0) is 40.2 Å². The van der Waals surface area contributed by atoms with Crippen LogP contribution in [0.4, 0.5) is 4.79 Å². The summed E-state index contributed by atoms with van der Waals surface area (Å²) in [4.78, 5) is 14.4. The largest absolute Gasteiger partial charge is 0.444 e. The van der Waals surface area contributed by atoms with Crippen LogP contribution in [0.15, 0.2) is 30.3 Å². The Labute approximate surface area is 156 Å². The van der Waals surface area contributed by atoms with Gasteiger partial charge in [-0.25, -0.2) is 4.79 Å². The number of nitrogens with zero attached hydrogens (tertiary/aromatic N) is 1. The highest BCUT2D eigenvalue weighted by molar-refractivity contribution is 5.70. The summed E-state index contributed by atoms with van der Waals surface area (Å²) in [5, 5.41) is 0. The summed E-state index contributed by atoms with van der Waals surface area (Å²) in [7, 11) is 1.62. The lowest BCUT2D eigenvalue weighted by Crippen LogP contribution is -2.52. The molecule has 1 fully saturated rings. The number of amides is 1. The average Bonchev–Trinajstić information content (AvgIpc) is 2.77. The number of hydrogen-bond acceptors (Lipinski definition) is 5. The van der Waals surface area contributed by atoms with Crippen molar-refractivity contribution in [3.63, 3.8) is 0 Å². The summed E-state index contributed by atoms with van der Waals surface area (Å²) in [5.41, 5.74) is -0.299. The zero-order valence-corrected chi connectivity index (χ0v) is 16.7. The smallest absolute Gasteiger partial charge is 0.412 e. The molecule has 1 saturated heterocycles. The third kappa shape index (κ3) is 5.43. The zero-order valence-electron chi connectivity index (χ0n) is 16.7. The van der Waals surface area contributed by atoms with E-state index < -0.39 is 17.4 Å². The molecule has 0 unspecified atom stereocenters. The van der Waals surface area contributed by atoms with Gasteiger partial charge in [0.1, 0.15) is 17.4 Å². The Morgan fingerprint density at radius 2 is 1.85 bits per heavy atom. The van der Waals surface area contributed by atoms with Crippen molar-refractivity contribution in [3.05, 3.63) is 35.9 Å². The van der Waals surface area contributed by atoms with Gasteiger partial charge < -0.3 is 18.9 Å². The molecule has 26 heavy (non-hydrogen) atoms. The van der Waals surface area contributed by atoms with Gasteiger partial charge in [-0.3, -0.25) is 4.90 Å². The molecule has 0 saturated carbocycles. The molecule has 146 valence electrons. The number of hydrogen-bond donors (Lipinski definition) is 0. The van der Waals surface area contributed by atoms with Crippen LogP contribution in [0.25, 0.3) is 0 Å². The first kappa shape index (κ1) is 20.7. The van der Waals surface area contributed by atoms with E-state index in [1.807, 2.05) is 65.0 Å². The van der Waals surface area contributed by atoms with Crippen molar-refractivity contribution in [1.29, 1.82) is 0 Å². The SMILES string of the molecule is COC[C@H]1OC(C)(C)N(C(=O)OC(C)(C)C)[C@@H]1COCc1ccccc1. The minimum atomic E-state index is -0.799. The monoisotopic (exact) mass is 365 g/mol. The zero-order chi connectivity index (χ0) is 19.4. The fourth-order valence-electron chi connectivity index (χ4n) is 3.10. The molecule has 0 aromatic heterocycles. The maximum atomic E-state index is 12.8. The van der Waals surface area contributed by atoms with Crippen LogP contribution in [0, 0.1) is 0 Å². The molecule has 0 bridgehead atoms. The van der Waals surface area contributed by atoms with Crippen LogP contribution in [0.1, 0.15) is 40.2 Å². The van der Waals surface area contributed by atoms with Gasteiger partial charge in [-0.1, -0.05) is 30.3 Å². The Kier molecular flexibility index (Phi) is 6.66. The molecule has 6 heteroatoms. The van der Waals surface area contributed by atoms with E-state index in [-0.39, 0.29) is 12.1 Å². The van der Waals surface area contributed by atoms with E-state index in [4.69, 9.17) is 18.9 Å². The molecule has 1 aromatic carbocycles. The van der Waals surface area contributed by atoms with E-state index in [1.165, 1.54) is 0 Å². The number of benzene rings is 1. The molecule has 0 radical (unpaired) electrons. The van der Waals surface area contributed by atoms with Gasteiger partial charge >= 0.3 is 6.09 Å². The van der Waals surface area contributed by atoms with Crippen LogP contribution in [0.2, 0.25) is 0 Å². The van der Waals surface area contributed by atoms with Crippen molar-refractivity contribution >= 4 is 6.09 Å². The van der Waals surface area contributed by atoms with Crippen molar-refractivity contribution in [2.45, 2.75) is 64.7 Å². The predicted octanol–water partition coefficient (Wildman–Crippen LogP) is 3.59. The van der Waals surface area contributed by atoms with Crippen molar-refractivity contribution < 1.29 is 23.7 Å². The van der Waals surface area contributed by atoms with Crippen LogP contribution >= 0.6 is 0 Å². The molecule has 1 aromatic rings. The molecule has 0 spiro atoms. The molecular formula is C20H31NO5. The van der Waals surface area contributed by atoms with Crippen LogP contribution in [0.3, 0.4) is 0 Å². The molecule has 1 heterocycles. The summed E-state index contributed by atoms with van der Waals surface area (Å²) in [5.74, 6) is 0. The normalized spacial score (nSPS) is 22.5. The third-order valence-electron chi connectivity index (χ3n) is 4.10. The highest BCUT2D eigenvalue weighted by Crippen LogP contribution is 2.34. The Hall–Kier alpha value is -1.63. The van der Waals surface area contributed by atoms with E-state index in [1.54, 1.807) is 12.0 Å². The maximum Gasteiger partial charge on any atom is 0.412 e. The topological polar surface area (TPSA) is 57.2 Å². The summed E-state index contributed by atoms with van der Waals surface area (Å²) in [6.45, 7) is 10.5. The van der Waals surface area contributed by atoms with Crippen molar-refractivity contribution in [1.82, 2.24) is 4.90 Å². The lowest BCUT2D eigenvalue weighted by atomic mass is 10.1. The number of rotatable bonds is 6. The summed E-state index contributed by atoms with van der Waals surface area (Å²) in [6.07, 6.45) is -0.687. The van der Waals surface area contributed by atoms with Crippen molar-refractivity contribution in [2.24, 2.45) is 0 Å². The van der Waals surface area contributed by atoms with E-state index in [9.17, 15) is 4.79 Å². The minimum absolute atomic E-state index is 0.279. The van der Waals surface area contributed by atoms with Crippen LogP contribution in [-0.2, 0) is 25.6 Å². The van der Waals surface area contributed by atoms with Gasteiger partial charge in [0.25, 0.3) is 0 Å². The van der Waals surface area contributed by atoms with E-state index in [0.29, 0.717) is 19.8 Å². The molecule has 6 nitrogen and oxygen atoms in total. The Balaban J connectivity index is 2.11.